The van der Waals surface area contributed by atoms with Crippen molar-refractivity contribution in [3.63, 3.8) is 0 Å². The second-order valence-corrected chi connectivity index (χ2v) is 5.71. The van der Waals surface area contributed by atoms with Crippen LogP contribution in [0.3, 0.4) is 0 Å². The summed E-state index contributed by atoms with van der Waals surface area (Å²) in [5.41, 5.74) is 3.75. The lowest BCUT2D eigenvalue weighted by Crippen LogP contribution is -2.16. The molecule has 25 heavy (non-hydrogen) atoms. The molecule has 0 atom stereocenters. The summed E-state index contributed by atoms with van der Waals surface area (Å²) in [6, 6.07) is 9.18. The number of nitrogens with one attached hydrogen (secondary N) is 1. The molecule has 0 unspecified atom stereocenters. The van der Waals surface area contributed by atoms with Gasteiger partial charge in [-0.1, -0.05) is 6.92 Å². The van der Waals surface area contributed by atoms with Gasteiger partial charge in [0, 0.05) is 12.3 Å². The summed E-state index contributed by atoms with van der Waals surface area (Å²) in [5.74, 6) is 0.974. The van der Waals surface area contributed by atoms with Crippen LogP contribution < -0.4 is 14.8 Å². The predicted octanol–water partition coefficient (Wildman–Crippen LogP) is 3.47. The van der Waals surface area contributed by atoms with Crippen molar-refractivity contribution < 1.29 is 14.3 Å². The number of ether oxygens (including phenoxy) is 2. The number of imidazole rings is 1. The van der Waals surface area contributed by atoms with Crippen LogP contribution in [-0.2, 0) is 6.42 Å². The summed E-state index contributed by atoms with van der Waals surface area (Å²) in [6.45, 7) is 3.99. The van der Waals surface area contributed by atoms with Crippen molar-refractivity contribution in [1.82, 2.24) is 9.38 Å². The van der Waals surface area contributed by atoms with E-state index in [1.54, 1.807) is 32.4 Å². The fourth-order valence-electron chi connectivity index (χ4n) is 2.77. The highest BCUT2D eigenvalue weighted by atomic mass is 16.5. The molecule has 0 bridgehead atoms. The molecular formula is C19H21N3O3. The molecule has 0 saturated heterocycles. The number of carbonyl (C=O) groups excluding carboxylic acids is 1. The van der Waals surface area contributed by atoms with E-state index >= 15 is 0 Å². The predicted molar refractivity (Wildman–Crippen MR) is 96.8 cm³/mol. The van der Waals surface area contributed by atoms with Crippen molar-refractivity contribution in [2.24, 2.45) is 0 Å². The van der Waals surface area contributed by atoms with Crippen molar-refractivity contribution >= 4 is 17.2 Å². The van der Waals surface area contributed by atoms with Crippen LogP contribution in [0.25, 0.3) is 5.65 Å². The molecule has 1 N–H and O–H groups in total. The Morgan fingerprint density at radius 3 is 2.68 bits per heavy atom. The Hall–Kier alpha value is -3.02. The minimum atomic E-state index is -0.225. The molecule has 0 radical (unpaired) electrons. The van der Waals surface area contributed by atoms with Crippen LogP contribution in [0.2, 0.25) is 0 Å². The lowest BCUT2D eigenvalue weighted by atomic mass is 10.2. The zero-order valence-electron chi connectivity index (χ0n) is 14.8. The topological polar surface area (TPSA) is 64.9 Å². The van der Waals surface area contributed by atoms with E-state index in [4.69, 9.17) is 9.47 Å². The monoisotopic (exact) mass is 339 g/mol. The molecule has 0 spiro atoms. The van der Waals surface area contributed by atoms with Gasteiger partial charge in [0.25, 0.3) is 5.91 Å². The highest BCUT2D eigenvalue weighted by Crippen LogP contribution is 2.29. The van der Waals surface area contributed by atoms with Gasteiger partial charge in [0.15, 0.2) is 0 Å². The number of nitrogens with zero attached hydrogens (tertiary/aromatic N) is 2. The van der Waals surface area contributed by atoms with Crippen LogP contribution in [0.15, 0.2) is 36.5 Å². The summed E-state index contributed by atoms with van der Waals surface area (Å²) >= 11 is 0. The average molecular weight is 339 g/mol. The minimum Gasteiger partial charge on any atom is -0.497 e. The lowest BCUT2D eigenvalue weighted by Gasteiger charge is -2.12. The van der Waals surface area contributed by atoms with Crippen LogP contribution in [-0.4, -0.2) is 29.5 Å². The van der Waals surface area contributed by atoms with Gasteiger partial charge in [-0.15, -0.1) is 0 Å². The third kappa shape index (κ3) is 3.15. The van der Waals surface area contributed by atoms with Crippen LogP contribution in [0.5, 0.6) is 11.5 Å². The minimum absolute atomic E-state index is 0.225. The maximum absolute atomic E-state index is 12.9. The maximum atomic E-state index is 12.9. The van der Waals surface area contributed by atoms with Crippen molar-refractivity contribution in [2.45, 2.75) is 20.3 Å². The third-order valence-electron chi connectivity index (χ3n) is 4.06. The van der Waals surface area contributed by atoms with Crippen molar-refractivity contribution in [2.75, 3.05) is 19.5 Å². The molecule has 0 aliphatic carbocycles. The van der Waals surface area contributed by atoms with Crippen LogP contribution in [0.4, 0.5) is 5.69 Å². The van der Waals surface area contributed by atoms with Crippen LogP contribution >= 0.6 is 0 Å². The van der Waals surface area contributed by atoms with E-state index in [9.17, 15) is 4.79 Å². The fraction of sp³-hybridized carbons (Fsp3) is 0.263. The number of hydrogen-bond donors (Lipinski definition) is 1. The normalized spacial score (nSPS) is 10.7. The average Bonchev–Trinajstić information content (AvgIpc) is 2.99. The molecule has 0 aliphatic heterocycles. The molecule has 6 nitrogen and oxygen atoms in total. The Labute approximate surface area is 146 Å². The molecular weight excluding hydrogens is 318 g/mol. The van der Waals surface area contributed by atoms with Crippen LogP contribution in [0, 0.1) is 6.92 Å². The summed E-state index contributed by atoms with van der Waals surface area (Å²) in [4.78, 5) is 17.5. The van der Waals surface area contributed by atoms with Gasteiger partial charge in [-0.2, -0.15) is 0 Å². The second kappa shape index (κ2) is 6.84. The third-order valence-corrected chi connectivity index (χ3v) is 4.06. The summed E-state index contributed by atoms with van der Waals surface area (Å²) in [5, 5.41) is 2.92. The molecule has 2 heterocycles. The summed E-state index contributed by atoms with van der Waals surface area (Å²) in [6.07, 6.45) is 2.54. The van der Waals surface area contributed by atoms with Gasteiger partial charge in [0.2, 0.25) is 0 Å². The number of pyridine rings is 1. The number of anilines is 1. The van der Waals surface area contributed by atoms with E-state index in [-0.39, 0.29) is 5.91 Å². The van der Waals surface area contributed by atoms with Gasteiger partial charge in [-0.3, -0.25) is 9.20 Å². The first-order valence-corrected chi connectivity index (χ1v) is 8.08. The summed E-state index contributed by atoms with van der Waals surface area (Å²) < 4.78 is 12.4. The van der Waals surface area contributed by atoms with Gasteiger partial charge in [-0.25, -0.2) is 4.98 Å². The zero-order chi connectivity index (χ0) is 18.0. The Morgan fingerprint density at radius 1 is 1.20 bits per heavy atom. The molecule has 0 fully saturated rings. The molecule has 3 aromatic rings. The Balaban J connectivity index is 2.00. The number of fused-ring (bicyclic) bond motifs is 1. The van der Waals surface area contributed by atoms with Crippen molar-refractivity contribution in [3.05, 3.63) is 53.5 Å². The Morgan fingerprint density at radius 2 is 2.00 bits per heavy atom. The van der Waals surface area contributed by atoms with Crippen LogP contribution in [0.1, 0.15) is 28.7 Å². The highest BCUT2D eigenvalue weighted by molar-refractivity contribution is 6.05. The van der Waals surface area contributed by atoms with Gasteiger partial charge in [0.05, 0.1) is 25.6 Å². The molecule has 2 aromatic heterocycles. The standard InChI is InChI=1S/C19H21N3O3/c1-5-14-18(22-9-8-12(2)10-17(22)20-14)19(23)21-15-7-6-13(24-3)11-16(15)25-4/h6-11H,5H2,1-4H3,(H,21,23). The smallest absolute Gasteiger partial charge is 0.274 e. The SMILES string of the molecule is CCc1nc2cc(C)ccn2c1C(=O)Nc1ccc(OC)cc1OC. The highest BCUT2D eigenvalue weighted by Gasteiger charge is 2.19. The first-order valence-electron chi connectivity index (χ1n) is 8.08. The molecule has 3 rings (SSSR count). The number of aromatic nitrogens is 2. The first-order chi connectivity index (χ1) is 12.1. The Bertz CT molecular complexity index is 931. The number of benzene rings is 1. The fourth-order valence-corrected chi connectivity index (χ4v) is 2.77. The Kier molecular flexibility index (Phi) is 4.61. The van der Waals surface area contributed by atoms with E-state index < -0.39 is 0 Å². The number of carbonyl (C=O) groups is 1. The van der Waals surface area contributed by atoms with Crippen molar-refractivity contribution in [1.29, 1.82) is 0 Å². The molecule has 6 heteroatoms. The van der Waals surface area contributed by atoms with Gasteiger partial charge in [-0.05, 0) is 43.2 Å². The van der Waals surface area contributed by atoms with E-state index in [2.05, 4.69) is 10.3 Å². The number of rotatable bonds is 5. The number of methoxy groups -OCH3 is 2. The van der Waals surface area contributed by atoms with E-state index in [1.165, 1.54) is 0 Å². The first kappa shape index (κ1) is 16.8. The largest absolute Gasteiger partial charge is 0.497 e. The second-order valence-electron chi connectivity index (χ2n) is 5.71. The molecule has 0 aliphatic rings. The lowest BCUT2D eigenvalue weighted by molar-refractivity contribution is 0.102. The molecule has 1 amide bonds. The number of aryl methyl sites for hydroxylation is 2. The zero-order valence-corrected chi connectivity index (χ0v) is 14.8. The van der Waals surface area contributed by atoms with Gasteiger partial charge < -0.3 is 14.8 Å². The number of hydrogen-bond acceptors (Lipinski definition) is 4. The molecule has 130 valence electrons. The number of amides is 1. The van der Waals surface area contributed by atoms with E-state index in [1.807, 2.05) is 36.6 Å². The van der Waals surface area contributed by atoms with Gasteiger partial charge in [0.1, 0.15) is 22.8 Å². The quantitative estimate of drug-likeness (QED) is 0.773. The van der Waals surface area contributed by atoms with Crippen molar-refractivity contribution in [3.8, 4) is 11.5 Å². The molecule has 0 saturated carbocycles. The van der Waals surface area contributed by atoms with Gasteiger partial charge >= 0.3 is 0 Å². The van der Waals surface area contributed by atoms with E-state index in [0.29, 0.717) is 29.3 Å². The summed E-state index contributed by atoms with van der Waals surface area (Å²) in [7, 11) is 3.14. The molecule has 1 aromatic carbocycles. The maximum Gasteiger partial charge on any atom is 0.274 e. The van der Waals surface area contributed by atoms with E-state index in [0.717, 1.165) is 16.9 Å².